The Balaban J connectivity index is 0.00000243. The fourth-order valence-corrected chi connectivity index (χ4v) is 3.82. The Bertz CT molecular complexity index is 652. The molecule has 2 unspecified atom stereocenters. The quantitative estimate of drug-likeness (QED) is 0.801. The number of likely N-dealkylation sites (tertiary alicyclic amines) is 1. The molecule has 0 spiro atoms. The zero-order chi connectivity index (χ0) is 17.7. The topological polar surface area (TPSA) is 32.7 Å². The van der Waals surface area contributed by atoms with Gasteiger partial charge in [-0.25, -0.2) is 0 Å². The summed E-state index contributed by atoms with van der Waals surface area (Å²) < 4.78 is 5.26. The Morgan fingerprint density at radius 1 is 1.00 bits per heavy atom. The lowest BCUT2D eigenvalue weighted by Crippen LogP contribution is -2.41. The molecule has 0 amide bonds. The van der Waals surface area contributed by atoms with Gasteiger partial charge in [-0.3, -0.25) is 0 Å². The molecular formula is C22H30ClNO2. The number of benzene rings is 2. The van der Waals surface area contributed by atoms with Crippen LogP contribution in [-0.4, -0.2) is 36.8 Å². The molecule has 2 aromatic carbocycles. The highest BCUT2D eigenvalue weighted by atomic mass is 35.5. The zero-order valence-corrected chi connectivity index (χ0v) is 16.5. The number of methoxy groups -OCH3 is 1. The summed E-state index contributed by atoms with van der Waals surface area (Å²) in [7, 11) is 1.66. The van der Waals surface area contributed by atoms with Crippen molar-refractivity contribution in [1.29, 1.82) is 0 Å². The van der Waals surface area contributed by atoms with E-state index in [4.69, 9.17) is 4.74 Å². The molecule has 3 nitrogen and oxygen atoms in total. The molecule has 0 bridgehead atoms. The van der Waals surface area contributed by atoms with E-state index in [2.05, 4.69) is 29.2 Å². The molecule has 1 N–H and O–H groups in total. The normalized spacial score (nSPS) is 18.4. The highest BCUT2D eigenvalue weighted by Gasteiger charge is 2.36. The van der Waals surface area contributed by atoms with Gasteiger partial charge in [-0.1, -0.05) is 48.9 Å². The van der Waals surface area contributed by atoms with Gasteiger partial charge in [0.15, 0.2) is 0 Å². The number of piperidine rings is 1. The van der Waals surface area contributed by atoms with Crippen molar-refractivity contribution in [3.63, 3.8) is 0 Å². The molecule has 0 aromatic heterocycles. The van der Waals surface area contributed by atoms with E-state index < -0.39 is 5.60 Å². The van der Waals surface area contributed by atoms with E-state index in [9.17, 15) is 5.11 Å². The van der Waals surface area contributed by atoms with E-state index in [0.29, 0.717) is 0 Å². The molecule has 1 heterocycles. The van der Waals surface area contributed by atoms with Gasteiger partial charge in [0.05, 0.1) is 12.7 Å². The molecule has 142 valence electrons. The zero-order valence-electron chi connectivity index (χ0n) is 15.7. The molecule has 1 aliphatic heterocycles. The fourth-order valence-electron chi connectivity index (χ4n) is 3.82. The van der Waals surface area contributed by atoms with Crippen LogP contribution in [0.4, 0.5) is 0 Å². The smallest absolute Gasteiger partial charge is 0.118 e. The lowest BCUT2D eigenvalue weighted by molar-refractivity contribution is 0.0107. The Morgan fingerprint density at radius 3 is 2.19 bits per heavy atom. The minimum absolute atomic E-state index is 0. The molecule has 26 heavy (non-hydrogen) atoms. The van der Waals surface area contributed by atoms with Crippen molar-refractivity contribution in [3.05, 3.63) is 65.7 Å². The summed E-state index contributed by atoms with van der Waals surface area (Å²) in [6.45, 7) is 5.07. The minimum Gasteiger partial charge on any atom is -0.497 e. The van der Waals surface area contributed by atoms with Crippen LogP contribution in [0, 0.1) is 0 Å². The maximum absolute atomic E-state index is 11.5. The summed E-state index contributed by atoms with van der Waals surface area (Å²) in [5, 5.41) is 11.5. The van der Waals surface area contributed by atoms with Crippen molar-refractivity contribution in [2.45, 2.75) is 37.7 Å². The summed E-state index contributed by atoms with van der Waals surface area (Å²) >= 11 is 0. The predicted octanol–water partition coefficient (Wildman–Crippen LogP) is 4.59. The number of ether oxygens (including phenoxy) is 1. The number of hydrogen-bond donors (Lipinski definition) is 1. The number of aliphatic hydroxyl groups is 1. The van der Waals surface area contributed by atoms with Gasteiger partial charge in [0.2, 0.25) is 0 Å². The summed E-state index contributed by atoms with van der Waals surface area (Å²) in [4.78, 5) is 2.50. The molecule has 0 aliphatic carbocycles. The molecule has 0 saturated carbocycles. The van der Waals surface area contributed by atoms with Gasteiger partial charge in [-0.05, 0) is 56.1 Å². The third-order valence-electron chi connectivity index (χ3n) is 5.44. The van der Waals surface area contributed by atoms with E-state index in [0.717, 1.165) is 30.9 Å². The second-order valence-corrected chi connectivity index (χ2v) is 7.20. The van der Waals surface area contributed by atoms with Crippen LogP contribution in [0.1, 0.15) is 43.2 Å². The van der Waals surface area contributed by atoms with Crippen molar-refractivity contribution >= 4 is 12.4 Å². The monoisotopic (exact) mass is 375 g/mol. The van der Waals surface area contributed by atoms with Crippen molar-refractivity contribution in [3.8, 4) is 5.75 Å². The van der Waals surface area contributed by atoms with Gasteiger partial charge >= 0.3 is 0 Å². The van der Waals surface area contributed by atoms with Crippen LogP contribution in [0.25, 0.3) is 0 Å². The molecule has 0 radical (unpaired) electrons. The maximum atomic E-state index is 11.5. The standard InChI is InChI=1S/C22H29NO2.ClH/c1-22(24,19-11-13-20(25-2)14-12-19)21(18-9-5-3-6-10-18)17-23-15-7-4-8-16-23;/h3,5-6,9-14,21,24H,4,7-8,15-17H2,1-2H3;1H. The van der Waals surface area contributed by atoms with Gasteiger partial charge in [0, 0.05) is 12.5 Å². The molecule has 4 heteroatoms. The predicted molar refractivity (Wildman–Crippen MR) is 109 cm³/mol. The van der Waals surface area contributed by atoms with E-state index in [1.54, 1.807) is 7.11 Å². The van der Waals surface area contributed by atoms with Crippen LogP contribution in [0.15, 0.2) is 54.6 Å². The Labute approximate surface area is 163 Å². The Hall–Kier alpha value is -1.55. The number of nitrogens with zero attached hydrogens (tertiary/aromatic N) is 1. The first-order valence-electron chi connectivity index (χ1n) is 9.25. The maximum Gasteiger partial charge on any atom is 0.118 e. The number of rotatable bonds is 6. The van der Waals surface area contributed by atoms with Crippen LogP contribution in [0.5, 0.6) is 5.75 Å². The lowest BCUT2D eigenvalue weighted by atomic mass is 9.78. The van der Waals surface area contributed by atoms with Crippen LogP contribution in [0.2, 0.25) is 0 Å². The van der Waals surface area contributed by atoms with Gasteiger partial charge < -0.3 is 14.7 Å². The first-order valence-corrected chi connectivity index (χ1v) is 9.25. The first-order chi connectivity index (χ1) is 12.1. The average Bonchev–Trinajstić information content (AvgIpc) is 2.67. The Morgan fingerprint density at radius 2 is 1.62 bits per heavy atom. The van der Waals surface area contributed by atoms with E-state index in [-0.39, 0.29) is 18.3 Å². The van der Waals surface area contributed by atoms with Crippen LogP contribution in [-0.2, 0) is 5.60 Å². The van der Waals surface area contributed by atoms with Gasteiger partial charge in [-0.2, -0.15) is 0 Å². The first kappa shape index (κ1) is 20.8. The minimum atomic E-state index is -0.939. The molecule has 1 saturated heterocycles. The molecule has 1 fully saturated rings. The van der Waals surface area contributed by atoms with Crippen LogP contribution < -0.4 is 4.74 Å². The van der Waals surface area contributed by atoms with Crippen LogP contribution in [0.3, 0.4) is 0 Å². The average molecular weight is 376 g/mol. The van der Waals surface area contributed by atoms with Gasteiger partial charge in [0.1, 0.15) is 5.75 Å². The summed E-state index contributed by atoms with van der Waals surface area (Å²) in [5.41, 5.74) is 1.18. The van der Waals surface area contributed by atoms with Crippen molar-refractivity contribution in [2.24, 2.45) is 0 Å². The third kappa shape index (κ3) is 4.79. The van der Waals surface area contributed by atoms with Crippen molar-refractivity contribution in [1.82, 2.24) is 4.90 Å². The number of hydrogen-bond acceptors (Lipinski definition) is 3. The van der Waals surface area contributed by atoms with Gasteiger partial charge in [-0.15, -0.1) is 12.4 Å². The summed E-state index contributed by atoms with van der Waals surface area (Å²) in [6, 6.07) is 18.2. The second kappa shape index (κ2) is 9.40. The molecule has 1 aliphatic rings. The Kier molecular flexibility index (Phi) is 7.51. The largest absolute Gasteiger partial charge is 0.497 e. The molecule has 3 rings (SSSR count). The molecule has 2 aromatic rings. The highest BCUT2D eigenvalue weighted by molar-refractivity contribution is 5.85. The fraction of sp³-hybridized carbons (Fsp3) is 0.455. The van der Waals surface area contributed by atoms with Crippen molar-refractivity contribution < 1.29 is 9.84 Å². The summed E-state index contributed by atoms with van der Waals surface area (Å²) in [5.74, 6) is 0.840. The van der Waals surface area contributed by atoms with Gasteiger partial charge in [0.25, 0.3) is 0 Å². The lowest BCUT2D eigenvalue weighted by Gasteiger charge is -2.38. The molecule has 2 atom stereocenters. The van der Waals surface area contributed by atoms with E-state index in [1.807, 2.05) is 37.3 Å². The van der Waals surface area contributed by atoms with E-state index >= 15 is 0 Å². The van der Waals surface area contributed by atoms with Crippen LogP contribution >= 0.6 is 12.4 Å². The SMILES string of the molecule is COc1ccc(C(C)(O)C(CN2CCCCC2)c2ccccc2)cc1.Cl. The van der Waals surface area contributed by atoms with E-state index in [1.165, 1.54) is 24.8 Å². The van der Waals surface area contributed by atoms with Crippen molar-refractivity contribution in [2.75, 3.05) is 26.7 Å². The third-order valence-corrected chi connectivity index (χ3v) is 5.44. The molecular weight excluding hydrogens is 346 g/mol. The highest BCUT2D eigenvalue weighted by Crippen LogP contribution is 2.38. The second-order valence-electron chi connectivity index (χ2n) is 7.20. The number of halogens is 1. The summed E-state index contributed by atoms with van der Waals surface area (Å²) in [6.07, 6.45) is 3.83.